The Morgan fingerprint density at radius 1 is 1.47 bits per heavy atom. The maximum Gasteiger partial charge on any atom is 0.338 e. The van der Waals surface area contributed by atoms with E-state index in [9.17, 15) is 4.79 Å². The van der Waals surface area contributed by atoms with Crippen LogP contribution in [0.15, 0.2) is 18.2 Å². The molecule has 0 aliphatic rings. The average molecular weight is 253 g/mol. The molecule has 0 amide bonds. The average Bonchev–Trinajstić information content (AvgIpc) is 2.74. The van der Waals surface area contributed by atoms with E-state index in [1.807, 2.05) is 0 Å². The second-order valence-electron chi connectivity index (χ2n) is 3.28. The fourth-order valence-electron chi connectivity index (χ4n) is 1.38. The summed E-state index contributed by atoms with van der Waals surface area (Å²) in [6, 6.07) is 4.82. The predicted octanol–water partition coefficient (Wildman–Crippen LogP) is 1.32. The van der Waals surface area contributed by atoms with Crippen molar-refractivity contribution in [2.75, 3.05) is 7.11 Å². The molecule has 0 aliphatic carbocycles. The molecule has 6 nitrogen and oxygen atoms in total. The van der Waals surface area contributed by atoms with E-state index in [-0.39, 0.29) is 0 Å². The largest absolute Gasteiger partial charge is 0.465 e. The van der Waals surface area contributed by atoms with Gasteiger partial charge < -0.3 is 4.74 Å². The topological polar surface area (TPSA) is 69.9 Å². The number of methoxy groups -OCH3 is 1. The highest BCUT2D eigenvalue weighted by molar-refractivity contribution is 6.31. The minimum Gasteiger partial charge on any atom is -0.465 e. The van der Waals surface area contributed by atoms with Crippen molar-refractivity contribution < 1.29 is 9.53 Å². The molecule has 1 aromatic heterocycles. The fourth-order valence-corrected chi connectivity index (χ4v) is 1.55. The number of nitrogens with zero attached hydrogens (tertiary/aromatic N) is 4. The van der Waals surface area contributed by atoms with Crippen LogP contribution in [-0.2, 0) is 11.8 Å². The van der Waals surface area contributed by atoms with Gasteiger partial charge in [0, 0.05) is 10.6 Å². The van der Waals surface area contributed by atoms with Crippen molar-refractivity contribution in [2.45, 2.75) is 0 Å². The number of aromatic nitrogens is 4. The van der Waals surface area contributed by atoms with Gasteiger partial charge in [0.15, 0.2) is 0 Å². The summed E-state index contributed by atoms with van der Waals surface area (Å²) in [5.41, 5.74) is 0.849. The van der Waals surface area contributed by atoms with E-state index >= 15 is 0 Å². The second kappa shape index (κ2) is 4.50. The van der Waals surface area contributed by atoms with Crippen LogP contribution >= 0.6 is 11.6 Å². The van der Waals surface area contributed by atoms with Crippen molar-refractivity contribution in [3.05, 3.63) is 28.8 Å². The number of tetrazole rings is 1. The molecule has 2 aromatic rings. The summed E-state index contributed by atoms with van der Waals surface area (Å²) in [5, 5.41) is 12.0. The predicted molar refractivity (Wildman–Crippen MR) is 60.6 cm³/mol. The lowest BCUT2D eigenvalue weighted by molar-refractivity contribution is 0.0601. The van der Waals surface area contributed by atoms with Gasteiger partial charge in [-0.2, -0.15) is 4.80 Å². The molecule has 0 radical (unpaired) electrons. The normalized spacial score (nSPS) is 10.3. The zero-order valence-electron chi connectivity index (χ0n) is 9.22. The van der Waals surface area contributed by atoms with Crippen LogP contribution in [0.2, 0.25) is 5.02 Å². The smallest absolute Gasteiger partial charge is 0.338 e. The highest BCUT2D eigenvalue weighted by atomic mass is 35.5. The third-order valence-electron chi connectivity index (χ3n) is 2.14. The molecule has 0 bridgehead atoms. The molecule has 0 unspecified atom stereocenters. The van der Waals surface area contributed by atoms with E-state index < -0.39 is 5.97 Å². The number of aryl methyl sites for hydroxylation is 1. The van der Waals surface area contributed by atoms with E-state index in [4.69, 9.17) is 11.6 Å². The van der Waals surface area contributed by atoms with Crippen LogP contribution in [0.25, 0.3) is 11.4 Å². The summed E-state index contributed by atoms with van der Waals surface area (Å²) >= 11 is 5.84. The summed E-state index contributed by atoms with van der Waals surface area (Å²) in [4.78, 5) is 12.9. The lowest BCUT2D eigenvalue weighted by Gasteiger charge is -2.04. The summed E-state index contributed by atoms with van der Waals surface area (Å²) < 4.78 is 4.68. The van der Waals surface area contributed by atoms with Gasteiger partial charge in [0.05, 0.1) is 19.7 Å². The first-order valence-corrected chi connectivity index (χ1v) is 5.12. The molecule has 1 heterocycles. The molecule has 1 aromatic carbocycles. The van der Waals surface area contributed by atoms with Crippen LogP contribution in [-0.4, -0.2) is 33.3 Å². The van der Waals surface area contributed by atoms with Crippen LogP contribution in [0.4, 0.5) is 0 Å². The SMILES string of the molecule is COC(=O)c1cc(Cl)ccc1-c1nnn(C)n1. The zero-order chi connectivity index (χ0) is 12.4. The lowest BCUT2D eigenvalue weighted by atomic mass is 10.1. The van der Waals surface area contributed by atoms with E-state index in [0.717, 1.165) is 0 Å². The molecule has 0 aliphatic heterocycles. The number of hydrogen-bond donors (Lipinski definition) is 0. The van der Waals surface area contributed by atoms with Crippen molar-refractivity contribution in [1.29, 1.82) is 0 Å². The molecule has 2 rings (SSSR count). The first-order valence-electron chi connectivity index (χ1n) is 4.74. The van der Waals surface area contributed by atoms with Gasteiger partial charge in [-0.15, -0.1) is 10.2 Å². The second-order valence-corrected chi connectivity index (χ2v) is 3.72. The van der Waals surface area contributed by atoms with Crippen molar-refractivity contribution >= 4 is 17.6 Å². The van der Waals surface area contributed by atoms with Gasteiger partial charge in [-0.3, -0.25) is 0 Å². The van der Waals surface area contributed by atoms with E-state index in [0.29, 0.717) is 22.0 Å². The van der Waals surface area contributed by atoms with E-state index in [1.165, 1.54) is 18.0 Å². The van der Waals surface area contributed by atoms with Gasteiger partial charge in [0.2, 0.25) is 5.82 Å². The third-order valence-corrected chi connectivity index (χ3v) is 2.37. The molecule has 0 saturated heterocycles. The standard InChI is InChI=1S/C10H9ClN4O2/c1-15-13-9(12-14-15)7-4-3-6(11)5-8(7)10(16)17-2/h3-5H,1-2H3. The van der Waals surface area contributed by atoms with Crippen molar-refractivity contribution in [1.82, 2.24) is 20.2 Å². The van der Waals surface area contributed by atoms with Crippen molar-refractivity contribution in [2.24, 2.45) is 7.05 Å². The Bertz CT molecular complexity index is 567. The molecular weight excluding hydrogens is 244 g/mol. The maximum atomic E-state index is 11.6. The molecule has 0 saturated carbocycles. The van der Waals surface area contributed by atoms with Crippen LogP contribution in [0.3, 0.4) is 0 Å². The molecule has 0 N–H and O–H groups in total. The fraction of sp³-hybridized carbons (Fsp3) is 0.200. The van der Waals surface area contributed by atoms with Crippen molar-refractivity contribution in [3.63, 3.8) is 0 Å². The number of esters is 1. The molecule has 17 heavy (non-hydrogen) atoms. The Morgan fingerprint density at radius 2 is 2.24 bits per heavy atom. The van der Waals surface area contributed by atoms with Gasteiger partial charge in [-0.05, 0) is 23.4 Å². The minimum absolute atomic E-state index is 0.313. The Balaban J connectivity index is 2.57. The zero-order valence-corrected chi connectivity index (χ0v) is 9.97. The van der Waals surface area contributed by atoms with Gasteiger partial charge in [0.1, 0.15) is 0 Å². The Labute approximate surface area is 102 Å². The number of halogens is 1. The molecule has 0 spiro atoms. The number of benzene rings is 1. The van der Waals surface area contributed by atoms with Crippen LogP contribution in [0, 0.1) is 0 Å². The minimum atomic E-state index is -0.491. The first-order chi connectivity index (χ1) is 8.11. The lowest BCUT2D eigenvalue weighted by Crippen LogP contribution is -2.04. The van der Waals surface area contributed by atoms with E-state index in [2.05, 4.69) is 20.1 Å². The maximum absolute atomic E-state index is 11.6. The molecular formula is C10H9ClN4O2. The summed E-state index contributed by atoms with van der Waals surface area (Å²) in [7, 11) is 2.95. The molecule has 7 heteroatoms. The van der Waals surface area contributed by atoms with Gasteiger partial charge in [-0.1, -0.05) is 11.6 Å². The quantitative estimate of drug-likeness (QED) is 0.754. The van der Waals surface area contributed by atoms with Crippen molar-refractivity contribution in [3.8, 4) is 11.4 Å². The molecule has 88 valence electrons. The molecule has 0 fully saturated rings. The first kappa shape index (κ1) is 11.5. The summed E-state index contributed by atoms with van der Waals surface area (Å²) in [6.07, 6.45) is 0. The Morgan fingerprint density at radius 3 is 2.82 bits per heavy atom. The monoisotopic (exact) mass is 252 g/mol. The number of carbonyl (C=O) groups excluding carboxylic acids is 1. The third kappa shape index (κ3) is 2.26. The van der Waals surface area contributed by atoms with Gasteiger partial charge >= 0.3 is 5.97 Å². The molecule has 0 atom stereocenters. The highest BCUT2D eigenvalue weighted by Crippen LogP contribution is 2.23. The Hall–Kier alpha value is -1.95. The van der Waals surface area contributed by atoms with Crippen LogP contribution in [0.5, 0.6) is 0 Å². The number of ether oxygens (including phenoxy) is 1. The van der Waals surface area contributed by atoms with Crippen LogP contribution < -0.4 is 0 Å². The Kier molecular flexibility index (Phi) is 3.06. The number of rotatable bonds is 2. The summed E-state index contributed by atoms with van der Waals surface area (Å²) in [6.45, 7) is 0. The van der Waals surface area contributed by atoms with E-state index in [1.54, 1.807) is 19.2 Å². The van der Waals surface area contributed by atoms with Gasteiger partial charge in [-0.25, -0.2) is 4.79 Å². The van der Waals surface area contributed by atoms with Crippen LogP contribution in [0.1, 0.15) is 10.4 Å². The highest BCUT2D eigenvalue weighted by Gasteiger charge is 2.17. The number of hydrogen-bond acceptors (Lipinski definition) is 5. The summed E-state index contributed by atoms with van der Waals surface area (Å²) in [5.74, 6) is -0.139. The van der Waals surface area contributed by atoms with Gasteiger partial charge in [0.25, 0.3) is 0 Å². The number of carbonyl (C=O) groups is 1.